The smallest absolute Gasteiger partial charge is 0.139 e. The van der Waals surface area contributed by atoms with Crippen LogP contribution in [0, 0.1) is 0 Å². The minimum absolute atomic E-state index is 0.215. The van der Waals surface area contributed by atoms with Crippen LogP contribution in [0.25, 0.3) is 0 Å². The zero-order chi connectivity index (χ0) is 10.2. The van der Waals surface area contributed by atoms with E-state index in [2.05, 4.69) is 44.3 Å². The van der Waals surface area contributed by atoms with Gasteiger partial charge in [-0.1, -0.05) is 32.9 Å². The molecule has 1 heterocycles. The molecular weight excluding hydrogens is 174 g/mol. The van der Waals surface area contributed by atoms with Gasteiger partial charge >= 0.3 is 0 Å². The van der Waals surface area contributed by atoms with Gasteiger partial charge in [-0.15, -0.1) is 0 Å². The average molecular weight is 191 g/mol. The molecule has 1 aliphatic heterocycles. The number of ether oxygens (including phenoxy) is 1. The number of benzene rings is 1. The van der Waals surface area contributed by atoms with Gasteiger partial charge < -0.3 is 4.74 Å². The van der Waals surface area contributed by atoms with Crippen LogP contribution in [-0.4, -0.2) is 6.73 Å². The standard InChI is InChI=1S/C12H17NO/c1-12(2,3)10-4-5-11-9(6-10)7-13-8-14-11/h4-6,13H,7-8H2,1-3H3. The van der Waals surface area contributed by atoms with E-state index in [1.54, 1.807) is 0 Å². The fraction of sp³-hybridized carbons (Fsp3) is 0.500. The van der Waals surface area contributed by atoms with Crippen molar-refractivity contribution in [1.82, 2.24) is 5.32 Å². The highest BCUT2D eigenvalue weighted by molar-refractivity contribution is 5.40. The Kier molecular flexibility index (Phi) is 2.23. The Bertz CT molecular complexity index is 339. The van der Waals surface area contributed by atoms with Crippen LogP contribution < -0.4 is 10.1 Å². The second-order valence-electron chi connectivity index (χ2n) is 4.79. The van der Waals surface area contributed by atoms with Crippen molar-refractivity contribution >= 4 is 0 Å². The summed E-state index contributed by atoms with van der Waals surface area (Å²) in [6.07, 6.45) is 0. The van der Waals surface area contributed by atoms with Crippen molar-refractivity contribution < 1.29 is 4.74 Å². The van der Waals surface area contributed by atoms with Crippen LogP contribution in [0.1, 0.15) is 31.9 Å². The third kappa shape index (κ3) is 1.75. The Morgan fingerprint density at radius 1 is 1.29 bits per heavy atom. The van der Waals surface area contributed by atoms with Crippen LogP contribution in [0.15, 0.2) is 18.2 Å². The number of hydrogen-bond acceptors (Lipinski definition) is 2. The summed E-state index contributed by atoms with van der Waals surface area (Å²) in [7, 11) is 0. The highest BCUT2D eigenvalue weighted by atomic mass is 16.5. The van der Waals surface area contributed by atoms with E-state index in [0.717, 1.165) is 12.3 Å². The van der Waals surface area contributed by atoms with Crippen molar-refractivity contribution in [2.45, 2.75) is 32.7 Å². The highest BCUT2D eigenvalue weighted by Gasteiger charge is 2.17. The zero-order valence-electron chi connectivity index (χ0n) is 9.05. The maximum atomic E-state index is 5.48. The summed E-state index contributed by atoms with van der Waals surface area (Å²) in [6, 6.07) is 6.47. The number of fused-ring (bicyclic) bond motifs is 1. The molecule has 0 atom stereocenters. The monoisotopic (exact) mass is 191 g/mol. The van der Waals surface area contributed by atoms with Gasteiger partial charge in [-0.2, -0.15) is 0 Å². The molecule has 1 aliphatic rings. The molecule has 0 saturated carbocycles. The third-order valence-electron chi connectivity index (χ3n) is 2.57. The number of nitrogens with one attached hydrogen (secondary N) is 1. The molecule has 1 aromatic carbocycles. The normalized spacial score (nSPS) is 15.9. The van der Waals surface area contributed by atoms with E-state index in [-0.39, 0.29) is 5.41 Å². The molecule has 0 aliphatic carbocycles. The molecule has 76 valence electrons. The second-order valence-corrected chi connectivity index (χ2v) is 4.79. The van der Waals surface area contributed by atoms with E-state index in [4.69, 9.17) is 4.74 Å². The topological polar surface area (TPSA) is 21.3 Å². The second kappa shape index (κ2) is 3.28. The first-order valence-corrected chi connectivity index (χ1v) is 5.04. The molecule has 2 heteroatoms. The van der Waals surface area contributed by atoms with Gasteiger partial charge in [-0.25, -0.2) is 0 Å². The molecular formula is C12H17NO. The number of rotatable bonds is 0. The van der Waals surface area contributed by atoms with E-state index in [1.807, 2.05) is 0 Å². The predicted octanol–water partition coefficient (Wildman–Crippen LogP) is 2.42. The van der Waals surface area contributed by atoms with Crippen LogP contribution in [-0.2, 0) is 12.0 Å². The summed E-state index contributed by atoms with van der Waals surface area (Å²) in [4.78, 5) is 0. The van der Waals surface area contributed by atoms with Gasteiger partial charge in [-0.05, 0) is 17.0 Å². The number of hydrogen-bond donors (Lipinski definition) is 1. The Balaban J connectivity index is 2.39. The van der Waals surface area contributed by atoms with Crippen LogP contribution in [0.5, 0.6) is 5.75 Å². The highest BCUT2D eigenvalue weighted by Crippen LogP contribution is 2.28. The minimum atomic E-state index is 0.215. The molecule has 0 spiro atoms. The van der Waals surface area contributed by atoms with Gasteiger partial charge in [0, 0.05) is 12.1 Å². The lowest BCUT2D eigenvalue weighted by molar-refractivity contribution is 0.257. The Labute approximate surface area is 85.3 Å². The van der Waals surface area contributed by atoms with Gasteiger partial charge in [0.15, 0.2) is 0 Å². The summed E-state index contributed by atoms with van der Waals surface area (Å²) < 4.78 is 5.48. The fourth-order valence-electron chi connectivity index (χ4n) is 1.64. The molecule has 2 rings (SSSR count). The van der Waals surface area contributed by atoms with Gasteiger partial charge in [0.25, 0.3) is 0 Å². The Morgan fingerprint density at radius 3 is 2.79 bits per heavy atom. The summed E-state index contributed by atoms with van der Waals surface area (Å²) in [5.74, 6) is 1.02. The molecule has 0 saturated heterocycles. The van der Waals surface area contributed by atoms with Crippen LogP contribution in [0.3, 0.4) is 0 Å². The maximum Gasteiger partial charge on any atom is 0.139 e. The van der Waals surface area contributed by atoms with Crippen molar-refractivity contribution in [3.05, 3.63) is 29.3 Å². The van der Waals surface area contributed by atoms with Crippen molar-refractivity contribution in [2.75, 3.05) is 6.73 Å². The SMILES string of the molecule is CC(C)(C)c1ccc2c(c1)CNCO2. The predicted molar refractivity (Wildman–Crippen MR) is 57.5 cm³/mol. The fourth-order valence-corrected chi connectivity index (χ4v) is 1.64. The molecule has 1 N–H and O–H groups in total. The van der Waals surface area contributed by atoms with Crippen molar-refractivity contribution in [2.24, 2.45) is 0 Å². The van der Waals surface area contributed by atoms with Gasteiger partial charge in [0.05, 0.1) is 0 Å². The lowest BCUT2D eigenvalue weighted by Gasteiger charge is -2.24. The van der Waals surface area contributed by atoms with Gasteiger partial charge in [-0.3, -0.25) is 5.32 Å². The Hall–Kier alpha value is -1.02. The molecule has 0 fully saturated rings. The van der Waals surface area contributed by atoms with Crippen molar-refractivity contribution in [1.29, 1.82) is 0 Å². The average Bonchev–Trinajstić information content (AvgIpc) is 2.16. The van der Waals surface area contributed by atoms with Crippen LogP contribution in [0.2, 0.25) is 0 Å². The maximum absolute atomic E-state index is 5.48. The van der Waals surface area contributed by atoms with Crippen molar-refractivity contribution in [3.8, 4) is 5.75 Å². The molecule has 0 unspecified atom stereocenters. The third-order valence-corrected chi connectivity index (χ3v) is 2.57. The first kappa shape index (κ1) is 9.53. The zero-order valence-corrected chi connectivity index (χ0v) is 9.05. The molecule has 2 nitrogen and oxygen atoms in total. The van der Waals surface area contributed by atoms with Gasteiger partial charge in [0.1, 0.15) is 12.5 Å². The van der Waals surface area contributed by atoms with E-state index in [9.17, 15) is 0 Å². The summed E-state index contributed by atoms with van der Waals surface area (Å²) in [6.45, 7) is 8.23. The van der Waals surface area contributed by atoms with E-state index in [1.165, 1.54) is 11.1 Å². The van der Waals surface area contributed by atoms with Gasteiger partial charge in [0.2, 0.25) is 0 Å². The van der Waals surface area contributed by atoms with Crippen LogP contribution >= 0.6 is 0 Å². The molecule has 0 radical (unpaired) electrons. The molecule has 1 aromatic rings. The van der Waals surface area contributed by atoms with E-state index >= 15 is 0 Å². The van der Waals surface area contributed by atoms with E-state index < -0.39 is 0 Å². The summed E-state index contributed by atoms with van der Waals surface area (Å²) >= 11 is 0. The van der Waals surface area contributed by atoms with Crippen molar-refractivity contribution in [3.63, 3.8) is 0 Å². The molecule has 0 amide bonds. The molecule has 0 bridgehead atoms. The molecule has 0 aromatic heterocycles. The first-order valence-electron chi connectivity index (χ1n) is 5.04. The van der Waals surface area contributed by atoms with E-state index in [0.29, 0.717) is 6.73 Å². The first-order chi connectivity index (χ1) is 6.57. The lowest BCUT2D eigenvalue weighted by atomic mass is 9.86. The molecule has 14 heavy (non-hydrogen) atoms. The summed E-state index contributed by atoms with van der Waals surface area (Å²) in [5, 5.41) is 3.20. The largest absolute Gasteiger partial charge is 0.478 e. The summed E-state index contributed by atoms with van der Waals surface area (Å²) in [5.41, 5.74) is 2.85. The van der Waals surface area contributed by atoms with Crippen LogP contribution in [0.4, 0.5) is 0 Å². The Morgan fingerprint density at radius 2 is 2.07 bits per heavy atom. The minimum Gasteiger partial charge on any atom is -0.478 e. The quantitative estimate of drug-likeness (QED) is 0.680. The lowest BCUT2D eigenvalue weighted by Crippen LogP contribution is -2.25.